The fourth-order valence-electron chi connectivity index (χ4n) is 1.17. The van der Waals surface area contributed by atoms with E-state index in [0.717, 1.165) is 0 Å². The summed E-state index contributed by atoms with van der Waals surface area (Å²) in [5, 5.41) is -0.639. The van der Waals surface area contributed by atoms with E-state index in [-0.39, 0.29) is 6.61 Å². The molecule has 15 heavy (non-hydrogen) atoms. The van der Waals surface area contributed by atoms with E-state index in [1.54, 1.807) is 0 Å². The number of nitrogens with one attached hydrogen (secondary N) is 1. The summed E-state index contributed by atoms with van der Waals surface area (Å²) >= 11 is 0. The fraction of sp³-hybridized carbons (Fsp3) is 0.875. The van der Waals surface area contributed by atoms with E-state index < -0.39 is 33.1 Å². The molecule has 1 heterocycles. The number of ether oxygens (including phenoxy) is 1. The van der Waals surface area contributed by atoms with Crippen LogP contribution >= 0.6 is 0 Å². The number of hydrogen-bond acceptors (Lipinski definition) is 5. The van der Waals surface area contributed by atoms with Gasteiger partial charge in [-0.25, -0.2) is 8.42 Å². The molecule has 0 radical (unpaired) electrons. The second-order valence-electron chi connectivity index (χ2n) is 3.87. The molecule has 0 aromatic heterocycles. The highest BCUT2D eigenvalue weighted by Crippen LogP contribution is 2.12. The van der Waals surface area contributed by atoms with Crippen LogP contribution in [0, 0.1) is 5.92 Å². The van der Waals surface area contributed by atoms with Gasteiger partial charge in [-0.3, -0.25) is 9.52 Å². The first-order chi connectivity index (χ1) is 6.84. The average molecular weight is 236 g/mol. The minimum Gasteiger partial charge on any atom is -0.379 e. The maximum Gasteiger partial charge on any atom is 0.240 e. The van der Waals surface area contributed by atoms with Crippen LogP contribution in [0.25, 0.3) is 0 Å². The number of carbonyl (C=O) groups is 1. The van der Waals surface area contributed by atoms with Crippen LogP contribution < -0.4 is 10.5 Å². The normalized spacial score (nSPS) is 26.9. The van der Waals surface area contributed by atoms with E-state index in [0.29, 0.717) is 6.61 Å². The zero-order valence-corrected chi connectivity index (χ0v) is 9.58. The Kier molecular flexibility index (Phi) is 3.69. The summed E-state index contributed by atoms with van der Waals surface area (Å²) in [4.78, 5) is 11.5. The predicted molar refractivity (Wildman–Crippen MR) is 54.5 cm³/mol. The van der Waals surface area contributed by atoms with Gasteiger partial charge in [-0.15, -0.1) is 0 Å². The lowest BCUT2D eigenvalue weighted by molar-refractivity contribution is -0.123. The van der Waals surface area contributed by atoms with E-state index >= 15 is 0 Å². The Morgan fingerprint density at radius 2 is 2.07 bits per heavy atom. The van der Waals surface area contributed by atoms with E-state index in [1.807, 2.05) is 4.72 Å². The van der Waals surface area contributed by atoms with Gasteiger partial charge in [-0.1, -0.05) is 0 Å². The lowest BCUT2D eigenvalue weighted by Crippen LogP contribution is -2.45. The third-order valence-corrected chi connectivity index (χ3v) is 4.05. The molecule has 0 aromatic rings. The van der Waals surface area contributed by atoms with Crippen molar-refractivity contribution in [2.75, 3.05) is 13.2 Å². The van der Waals surface area contributed by atoms with Gasteiger partial charge in [0, 0.05) is 6.04 Å². The maximum absolute atomic E-state index is 11.5. The maximum atomic E-state index is 11.5. The first-order valence-corrected chi connectivity index (χ1v) is 6.28. The van der Waals surface area contributed by atoms with Crippen LogP contribution in [0.3, 0.4) is 0 Å². The van der Waals surface area contributed by atoms with Crippen LogP contribution in [0.1, 0.15) is 13.8 Å². The molecular formula is C8H16N2O4S. The lowest BCUT2D eigenvalue weighted by Gasteiger charge is -2.14. The molecule has 2 atom stereocenters. The number of sulfonamides is 1. The molecule has 0 saturated carbocycles. The molecule has 0 bridgehead atoms. The molecule has 1 rings (SSSR count). The zero-order chi connectivity index (χ0) is 11.6. The topological polar surface area (TPSA) is 98.5 Å². The Bertz CT molecular complexity index is 339. The Labute approximate surface area is 89.2 Å². The summed E-state index contributed by atoms with van der Waals surface area (Å²) in [5.74, 6) is -1.15. The van der Waals surface area contributed by atoms with Crippen molar-refractivity contribution >= 4 is 15.9 Å². The zero-order valence-electron chi connectivity index (χ0n) is 8.76. The van der Waals surface area contributed by atoms with Crippen molar-refractivity contribution in [3.05, 3.63) is 0 Å². The molecule has 1 aliphatic heterocycles. The molecular weight excluding hydrogens is 220 g/mol. The van der Waals surface area contributed by atoms with Crippen molar-refractivity contribution in [1.29, 1.82) is 0 Å². The van der Waals surface area contributed by atoms with Crippen LogP contribution in [-0.2, 0) is 19.6 Å². The molecule has 0 aromatic carbocycles. The van der Waals surface area contributed by atoms with Crippen LogP contribution in [0.4, 0.5) is 0 Å². The molecule has 3 N–H and O–H groups in total. The third kappa shape index (κ3) is 2.90. The summed E-state index contributed by atoms with van der Waals surface area (Å²) in [6, 6.07) is -0.424. The van der Waals surface area contributed by atoms with Gasteiger partial charge < -0.3 is 10.5 Å². The Morgan fingerprint density at radius 3 is 2.47 bits per heavy atom. The van der Waals surface area contributed by atoms with Gasteiger partial charge >= 0.3 is 0 Å². The van der Waals surface area contributed by atoms with Crippen molar-refractivity contribution in [3.63, 3.8) is 0 Å². The molecule has 2 unspecified atom stereocenters. The number of nitrogens with two attached hydrogens (primary N) is 1. The second-order valence-corrected chi connectivity index (χ2v) is 6.10. The average Bonchev–Trinajstić information content (AvgIpc) is 2.50. The molecule has 0 spiro atoms. The molecule has 1 fully saturated rings. The monoisotopic (exact) mass is 236 g/mol. The Hall–Kier alpha value is -0.660. The van der Waals surface area contributed by atoms with Gasteiger partial charge in [-0.05, 0) is 13.8 Å². The molecule has 6 nitrogen and oxygen atoms in total. The third-order valence-electron chi connectivity index (χ3n) is 2.32. The van der Waals surface area contributed by atoms with Gasteiger partial charge in [0.05, 0.1) is 24.4 Å². The molecule has 1 saturated heterocycles. The van der Waals surface area contributed by atoms with Gasteiger partial charge in [0.25, 0.3) is 0 Å². The van der Waals surface area contributed by atoms with Gasteiger partial charge in [0.15, 0.2) is 0 Å². The van der Waals surface area contributed by atoms with Crippen molar-refractivity contribution in [3.8, 4) is 0 Å². The van der Waals surface area contributed by atoms with E-state index in [2.05, 4.69) is 0 Å². The van der Waals surface area contributed by atoms with Crippen LogP contribution in [-0.4, -0.2) is 38.8 Å². The second kappa shape index (κ2) is 4.46. The molecule has 1 amide bonds. The standard InChI is InChI=1S/C8H16N2O4S/c1-5(2)15(12,13)10-8(11)6-3-14-4-7(6)9/h5-7H,3-4,9H2,1-2H3,(H,10,11). The van der Waals surface area contributed by atoms with E-state index in [9.17, 15) is 13.2 Å². The number of carbonyl (C=O) groups excluding carboxylic acids is 1. The molecule has 1 aliphatic rings. The summed E-state index contributed by atoms with van der Waals surface area (Å²) in [6.07, 6.45) is 0. The first kappa shape index (κ1) is 12.4. The number of rotatable bonds is 3. The number of amides is 1. The highest BCUT2D eigenvalue weighted by atomic mass is 32.2. The Morgan fingerprint density at radius 1 is 1.47 bits per heavy atom. The highest BCUT2D eigenvalue weighted by Gasteiger charge is 2.33. The summed E-state index contributed by atoms with van der Waals surface area (Å²) in [6.45, 7) is 3.47. The summed E-state index contributed by atoms with van der Waals surface area (Å²) < 4.78 is 29.8. The Balaban J connectivity index is 2.64. The van der Waals surface area contributed by atoms with Crippen molar-refractivity contribution in [1.82, 2.24) is 4.72 Å². The highest BCUT2D eigenvalue weighted by molar-refractivity contribution is 7.90. The van der Waals surface area contributed by atoms with Crippen LogP contribution in [0.15, 0.2) is 0 Å². The van der Waals surface area contributed by atoms with E-state index in [1.165, 1.54) is 13.8 Å². The van der Waals surface area contributed by atoms with Crippen molar-refractivity contribution in [2.24, 2.45) is 11.7 Å². The SMILES string of the molecule is CC(C)S(=O)(=O)NC(=O)C1COCC1N. The van der Waals surface area contributed by atoms with Crippen molar-refractivity contribution < 1.29 is 17.9 Å². The van der Waals surface area contributed by atoms with Gasteiger partial charge in [-0.2, -0.15) is 0 Å². The lowest BCUT2D eigenvalue weighted by atomic mass is 10.1. The molecule has 0 aliphatic carbocycles. The predicted octanol–water partition coefficient (Wildman–Crippen LogP) is -1.19. The smallest absolute Gasteiger partial charge is 0.240 e. The number of hydrogen-bond donors (Lipinski definition) is 2. The van der Waals surface area contributed by atoms with Gasteiger partial charge in [0.2, 0.25) is 15.9 Å². The first-order valence-electron chi connectivity index (χ1n) is 4.73. The largest absolute Gasteiger partial charge is 0.379 e. The van der Waals surface area contributed by atoms with E-state index in [4.69, 9.17) is 10.5 Å². The minimum absolute atomic E-state index is 0.181. The van der Waals surface area contributed by atoms with Crippen LogP contribution in [0.5, 0.6) is 0 Å². The molecule has 88 valence electrons. The summed E-state index contributed by atoms with van der Waals surface area (Å²) in [7, 11) is -3.57. The molecule has 7 heteroatoms. The summed E-state index contributed by atoms with van der Waals surface area (Å²) in [5.41, 5.74) is 5.59. The quantitative estimate of drug-likeness (QED) is 0.642. The van der Waals surface area contributed by atoms with Crippen molar-refractivity contribution in [2.45, 2.75) is 25.1 Å². The minimum atomic E-state index is -3.57. The van der Waals surface area contributed by atoms with Crippen LogP contribution in [0.2, 0.25) is 0 Å². The fourth-order valence-corrected chi connectivity index (χ4v) is 1.84. The van der Waals surface area contributed by atoms with Gasteiger partial charge in [0.1, 0.15) is 0 Å².